The lowest BCUT2D eigenvalue weighted by atomic mass is 10.2. The summed E-state index contributed by atoms with van der Waals surface area (Å²) in [6.45, 7) is 7.63. The van der Waals surface area contributed by atoms with Gasteiger partial charge in [-0.15, -0.1) is 0 Å². The molecule has 88 valence electrons. The van der Waals surface area contributed by atoms with Crippen molar-refractivity contribution in [2.24, 2.45) is 0 Å². The van der Waals surface area contributed by atoms with E-state index in [4.69, 9.17) is 9.47 Å². The molecule has 0 bridgehead atoms. The van der Waals surface area contributed by atoms with Gasteiger partial charge in [0.05, 0.1) is 6.61 Å². The molecule has 0 aliphatic carbocycles. The Labute approximate surface area is 94.8 Å². The molecule has 0 N–H and O–H groups in total. The Hall–Kier alpha value is -1.65. The minimum absolute atomic E-state index is 0.157. The highest BCUT2D eigenvalue weighted by molar-refractivity contribution is 5.70. The topological polar surface area (TPSA) is 61.3 Å². The summed E-state index contributed by atoms with van der Waals surface area (Å²) in [6.07, 6.45) is 0. The van der Waals surface area contributed by atoms with Gasteiger partial charge in [0.15, 0.2) is 6.61 Å². The highest BCUT2D eigenvalue weighted by atomic mass is 16.6. The van der Waals surface area contributed by atoms with E-state index in [1.807, 2.05) is 20.8 Å². The third-order valence-corrected chi connectivity index (χ3v) is 2.24. The molecule has 0 radical (unpaired) electrons. The summed E-state index contributed by atoms with van der Waals surface area (Å²) in [4.78, 5) is 19.3. The Morgan fingerprint density at radius 3 is 2.25 bits per heavy atom. The summed E-state index contributed by atoms with van der Waals surface area (Å²) in [5, 5.41) is 0. The monoisotopic (exact) mass is 224 g/mol. The lowest BCUT2D eigenvalue weighted by Gasteiger charge is -2.07. The van der Waals surface area contributed by atoms with Crippen LogP contribution in [0, 0.1) is 20.8 Å². The molecule has 0 amide bonds. The minimum Gasteiger partial charge on any atom is -0.463 e. The Balaban J connectivity index is 2.65. The molecule has 0 aliphatic rings. The molecule has 0 unspecified atom stereocenters. The molecule has 5 nitrogen and oxygen atoms in total. The Morgan fingerprint density at radius 2 is 1.75 bits per heavy atom. The third kappa shape index (κ3) is 3.18. The smallest absolute Gasteiger partial charge is 0.344 e. The number of hydrogen-bond acceptors (Lipinski definition) is 5. The largest absolute Gasteiger partial charge is 0.463 e. The molecule has 0 fully saturated rings. The van der Waals surface area contributed by atoms with Gasteiger partial charge in [-0.2, -0.15) is 0 Å². The fraction of sp³-hybridized carbons (Fsp3) is 0.545. The van der Waals surface area contributed by atoms with E-state index < -0.39 is 5.97 Å². The van der Waals surface area contributed by atoms with E-state index in [-0.39, 0.29) is 12.6 Å². The predicted molar refractivity (Wildman–Crippen MR) is 58.4 cm³/mol. The summed E-state index contributed by atoms with van der Waals surface area (Å²) >= 11 is 0. The highest BCUT2D eigenvalue weighted by Crippen LogP contribution is 2.12. The quantitative estimate of drug-likeness (QED) is 0.722. The van der Waals surface area contributed by atoms with Crippen LogP contribution in [-0.4, -0.2) is 29.2 Å². The number of carbonyl (C=O) groups is 1. The molecule has 0 aromatic carbocycles. The SMILES string of the molecule is CCOC(=O)COc1nc(C)c(C)c(C)n1. The van der Waals surface area contributed by atoms with Crippen LogP contribution in [0.5, 0.6) is 6.01 Å². The van der Waals surface area contributed by atoms with Gasteiger partial charge in [0.2, 0.25) is 0 Å². The summed E-state index contributed by atoms with van der Waals surface area (Å²) in [7, 11) is 0. The van der Waals surface area contributed by atoms with Crippen molar-refractivity contribution >= 4 is 5.97 Å². The van der Waals surface area contributed by atoms with Gasteiger partial charge < -0.3 is 9.47 Å². The van der Waals surface area contributed by atoms with Gasteiger partial charge in [-0.3, -0.25) is 0 Å². The van der Waals surface area contributed by atoms with Crippen LogP contribution in [0.15, 0.2) is 0 Å². The molecule has 1 rings (SSSR count). The van der Waals surface area contributed by atoms with Crippen LogP contribution in [-0.2, 0) is 9.53 Å². The van der Waals surface area contributed by atoms with E-state index in [9.17, 15) is 4.79 Å². The van der Waals surface area contributed by atoms with Gasteiger partial charge in [0.25, 0.3) is 0 Å². The summed E-state index contributed by atoms with van der Waals surface area (Å²) < 4.78 is 9.87. The van der Waals surface area contributed by atoms with Crippen LogP contribution < -0.4 is 4.74 Å². The first-order chi connectivity index (χ1) is 7.54. The average molecular weight is 224 g/mol. The van der Waals surface area contributed by atoms with E-state index in [0.717, 1.165) is 17.0 Å². The summed E-state index contributed by atoms with van der Waals surface area (Å²) in [5.74, 6) is -0.415. The van der Waals surface area contributed by atoms with Gasteiger partial charge in [0, 0.05) is 11.4 Å². The summed E-state index contributed by atoms with van der Waals surface area (Å²) in [5.41, 5.74) is 2.74. The fourth-order valence-electron chi connectivity index (χ4n) is 1.13. The van der Waals surface area contributed by atoms with Crippen molar-refractivity contribution in [1.82, 2.24) is 9.97 Å². The first-order valence-corrected chi connectivity index (χ1v) is 5.14. The molecule has 1 aromatic heterocycles. The normalized spacial score (nSPS) is 10.0. The molecule has 1 heterocycles. The maximum atomic E-state index is 11.1. The molecule has 0 atom stereocenters. The number of aromatic nitrogens is 2. The van der Waals surface area contributed by atoms with Crippen molar-refractivity contribution in [1.29, 1.82) is 0 Å². The lowest BCUT2D eigenvalue weighted by molar-refractivity contribution is -0.145. The number of esters is 1. The molecule has 5 heteroatoms. The van der Waals surface area contributed by atoms with E-state index >= 15 is 0 Å². The molecule has 0 saturated heterocycles. The minimum atomic E-state index is -0.415. The number of carbonyl (C=O) groups excluding carboxylic acids is 1. The van der Waals surface area contributed by atoms with Gasteiger partial charge >= 0.3 is 12.0 Å². The maximum Gasteiger partial charge on any atom is 0.344 e. The second-order valence-corrected chi connectivity index (χ2v) is 3.40. The Bertz CT molecular complexity index is 368. The van der Waals surface area contributed by atoms with Crippen LogP contribution in [0.2, 0.25) is 0 Å². The van der Waals surface area contributed by atoms with Gasteiger partial charge in [0.1, 0.15) is 0 Å². The highest BCUT2D eigenvalue weighted by Gasteiger charge is 2.08. The van der Waals surface area contributed by atoms with Gasteiger partial charge in [-0.25, -0.2) is 14.8 Å². The van der Waals surface area contributed by atoms with E-state index in [1.54, 1.807) is 6.92 Å². The van der Waals surface area contributed by atoms with Crippen molar-refractivity contribution in [2.45, 2.75) is 27.7 Å². The zero-order valence-electron chi connectivity index (χ0n) is 10.0. The zero-order chi connectivity index (χ0) is 12.1. The zero-order valence-corrected chi connectivity index (χ0v) is 10.0. The van der Waals surface area contributed by atoms with Crippen LogP contribution in [0.25, 0.3) is 0 Å². The second kappa shape index (κ2) is 5.44. The number of rotatable bonds is 4. The maximum absolute atomic E-state index is 11.1. The lowest BCUT2D eigenvalue weighted by Crippen LogP contribution is -2.16. The molecular weight excluding hydrogens is 208 g/mol. The van der Waals surface area contributed by atoms with Crippen molar-refractivity contribution < 1.29 is 14.3 Å². The molecule has 16 heavy (non-hydrogen) atoms. The standard InChI is InChI=1S/C11H16N2O3/c1-5-15-10(14)6-16-11-12-8(3)7(2)9(4)13-11/h5-6H2,1-4H3. The molecule has 0 spiro atoms. The van der Waals surface area contributed by atoms with Crippen LogP contribution in [0.3, 0.4) is 0 Å². The predicted octanol–water partition coefficient (Wildman–Crippen LogP) is 1.34. The van der Waals surface area contributed by atoms with Crippen molar-refractivity contribution in [3.8, 4) is 6.01 Å². The fourth-order valence-corrected chi connectivity index (χ4v) is 1.13. The van der Waals surface area contributed by atoms with E-state index in [0.29, 0.717) is 6.61 Å². The van der Waals surface area contributed by atoms with Crippen LogP contribution in [0.1, 0.15) is 23.9 Å². The number of hydrogen-bond donors (Lipinski definition) is 0. The Morgan fingerprint density at radius 1 is 1.19 bits per heavy atom. The third-order valence-electron chi connectivity index (χ3n) is 2.24. The Kier molecular flexibility index (Phi) is 4.22. The number of nitrogens with zero attached hydrogens (tertiary/aromatic N) is 2. The molecule has 1 aromatic rings. The summed E-state index contributed by atoms with van der Waals surface area (Å²) in [6, 6.07) is 0.216. The first kappa shape index (κ1) is 12.4. The van der Waals surface area contributed by atoms with E-state index in [2.05, 4.69) is 9.97 Å². The van der Waals surface area contributed by atoms with E-state index in [1.165, 1.54) is 0 Å². The van der Waals surface area contributed by atoms with Crippen molar-refractivity contribution in [3.63, 3.8) is 0 Å². The van der Waals surface area contributed by atoms with Crippen molar-refractivity contribution in [3.05, 3.63) is 17.0 Å². The molecular formula is C11H16N2O3. The van der Waals surface area contributed by atoms with Gasteiger partial charge in [-0.1, -0.05) is 0 Å². The molecule has 0 aliphatic heterocycles. The van der Waals surface area contributed by atoms with Crippen molar-refractivity contribution in [2.75, 3.05) is 13.2 Å². The first-order valence-electron chi connectivity index (χ1n) is 5.14. The second-order valence-electron chi connectivity index (χ2n) is 3.40. The number of ether oxygens (including phenoxy) is 2. The number of aryl methyl sites for hydroxylation is 2. The van der Waals surface area contributed by atoms with Crippen LogP contribution in [0.4, 0.5) is 0 Å². The van der Waals surface area contributed by atoms with Crippen LogP contribution >= 0.6 is 0 Å². The van der Waals surface area contributed by atoms with Gasteiger partial charge in [-0.05, 0) is 33.3 Å². The average Bonchev–Trinajstić information content (AvgIpc) is 2.23. The molecule has 0 saturated carbocycles.